The van der Waals surface area contributed by atoms with Gasteiger partial charge in [0.25, 0.3) is 0 Å². The summed E-state index contributed by atoms with van der Waals surface area (Å²) >= 11 is 6.92. The van der Waals surface area contributed by atoms with Gasteiger partial charge in [0.1, 0.15) is 11.5 Å². The summed E-state index contributed by atoms with van der Waals surface area (Å²) in [5.74, 6) is 0.769. The van der Waals surface area contributed by atoms with Crippen LogP contribution in [0.4, 0.5) is 11.4 Å². The molecule has 8 nitrogen and oxygen atoms in total. The Morgan fingerprint density at radius 2 is 1.73 bits per heavy atom. The third kappa shape index (κ3) is 6.10. The Morgan fingerprint density at radius 3 is 2.46 bits per heavy atom. The van der Waals surface area contributed by atoms with Gasteiger partial charge in [0, 0.05) is 27.2 Å². The van der Waals surface area contributed by atoms with E-state index in [9.17, 15) is 14.4 Å². The van der Waals surface area contributed by atoms with Gasteiger partial charge in [0.05, 0.1) is 11.4 Å². The predicted octanol–water partition coefficient (Wildman–Crippen LogP) is 7.85. The van der Waals surface area contributed by atoms with Crippen molar-refractivity contribution in [1.82, 2.24) is 0 Å². The molecule has 4 N–H and O–H groups in total. The average molecular weight is 615 g/mol. The van der Waals surface area contributed by atoms with Crippen molar-refractivity contribution >= 4 is 45.5 Å². The van der Waals surface area contributed by atoms with Gasteiger partial charge in [0.15, 0.2) is 0 Å². The van der Waals surface area contributed by atoms with E-state index in [1.807, 2.05) is 30.3 Å². The smallest absolute Gasteiger partial charge is 0.391 e. The second kappa shape index (κ2) is 11.5. The lowest BCUT2D eigenvalue weighted by molar-refractivity contribution is 0.374. The third-order valence-corrected chi connectivity index (χ3v) is 9.14. The summed E-state index contributed by atoms with van der Waals surface area (Å²) in [4.78, 5) is 32.4. The number of nitrogens with zero attached hydrogens (tertiary/aromatic N) is 1. The van der Waals surface area contributed by atoms with Gasteiger partial charge in [-0.2, -0.15) is 0 Å². The number of benzene rings is 2. The lowest BCUT2D eigenvalue weighted by atomic mass is 9.81. The predicted molar refractivity (Wildman–Crippen MR) is 166 cm³/mol. The van der Waals surface area contributed by atoms with Gasteiger partial charge in [-0.15, -0.1) is 0 Å². The zero-order valence-corrected chi connectivity index (χ0v) is 25.9. The summed E-state index contributed by atoms with van der Waals surface area (Å²) in [7, 11) is -5.56. The van der Waals surface area contributed by atoms with Crippen molar-refractivity contribution in [3.63, 3.8) is 0 Å². The van der Waals surface area contributed by atoms with Gasteiger partial charge in [0.2, 0.25) is 0 Å². The minimum absolute atomic E-state index is 0.354. The fourth-order valence-corrected chi connectivity index (χ4v) is 6.44. The number of rotatable bonds is 7. The van der Waals surface area contributed by atoms with Crippen molar-refractivity contribution in [3.05, 3.63) is 93.7 Å². The van der Waals surface area contributed by atoms with Gasteiger partial charge < -0.3 is 29.0 Å². The molecular formula is C30H33ClN2O6P2. The van der Waals surface area contributed by atoms with Crippen molar-refractivity contribution < 1.29 is 28.3 Å². The molecule has 0 aromatic heterocycles. The van der Waals surface area contributed by atoms with E-state index in [-0.39, 0.29) is 5.41 Å². The maximum atomic E-state index is 11.2. The second-order valence-corrected chi connectivity index (χ2v) is 13.1. The molecule has 2 aromatic carbocycles. The molecule has 0 bridgehead atoms. The van der Waals surface area contributed by atoms with E-state index in [0.29, 0.717) is 11.5 Å². The number of fused-ring (bicyclic) bond motifs is 2. The minimum Gasteiger partial charge on any atom is -0.427 e. The number of allylic oxidation sites excluding steroid dienone is 8. The molecule has 5 rings (SSSR count). The van der Waals surface area contributed by atoms with Gasteiger partial charge in [-0.1, -0.05) is 51.4 Å². The molecule has 2 aromatic rings. The van der Waals surface area contributed by atoms with Gasteiger partial charge >= 0.3 is 16.9 Å². The first kappa shape index (κ1) is 29.8. The summed E-state index contributed by atoms with van der Waals surface area (Å²) in [5, 5.41) is 4.21. The van der Waals surface area contributed by atoms with E-state index in [4.69, 9.17) is 30.5 Å². The Bertz CT molecular complexity index is 1570. The lowest BCUT2D eigenvalue weighted by Crippen LogP contribution is -2.23. The SMILES string of the molecule is CC1(C)C(/C=C/C2=C(Cl)C(=C/C=C3/Nc4ccc(O[PH](=O)O)cc4C3(C)C)/CCC2)=Nc2ccc(OP(O)O)cc21. The topological polar surface area (TPSA) is 121 Å². The monoisotopic (exact) mass is 614 g/mol. The van der Waals surface area contributed by atoms with E-state index in [1.165, 1.54) is 0 Å². The molecular weight excluding hydrogens is 582 g/mol. The Labute approximate surface area is 246 Å². The van der Waals surface area contributed by atoms with Crippen LogP contribution >= 0.6 is 28.5 Å². The van der Waals surface area contributed by atoms with E-state index < -0.39 is 22.3 Å². The summed E-state index contributed by atoms with van der Waals surface area (Å²) in [6.45, 7) is 8.35. The van der Waals surface area contributed by atoms with Crippen LogP contribution in [-0.4, -0.2) is 20.4 Å². The van der Waals surface area contributed by atoms with E-state index in [0.717, 1.165) is 69.4 Å². The first-order chi connectivity index (χ1) is 19.4. The number of anilines is 1. The van der Waals surface area contributed by atoms with Crippen molar-refractivity contribution in [2.45, 2.75) is 57.8 Å². The largest absolute Gasteiger partial charge is 0.427 e. The highest BCUT2D eigenvalue weighted by atomic mass is 35.5. The highest BCUT2D eigenvalue weighted by molar-refractivity contribution is 7.39. The van der Waals surface area contributed by atoms with Crippen LogP contribution in [-0.2, 0) is 15.4 Å². The molecule has 41 heavy (non-hydrogen) atoms. The Kier molecular flexibility index (Phi) is 8.37. The van der Waals surface area contributed by atoms with Crippen LogP contribution in [0.5, 0.6) is 11.5 Å². The van der Waals surface area contributed by atoms with Crippen molar-refractivity contribution in [1.29, 1.82) is 0 Å². The summed E-state index contributed by atoms with van der Waals surface area (Å²) in [6, 6.07) is 10.7. The van der Waals surface area contributed by atoms with Gasteiger partial charge in [-0.05, 0) is 90.1 Å². The molecule has 11 heteroatoms. The van der Waals surface area contributed by atoms with Crippen LogP contribution in [0.15, 0.2) is 87.6 Å². The van der Waals surface area contributed by atoms with Gasteiger partial charge in [-0.3, -0.25) is 4.99 Å². The van der Waals surface area contributed by atoms with Crippen molar-refractivity contribution in [3.8, 4) is 11.5 Å². The molecule has 3 aliphatic rings. The summed E-state index contributed by atoms with van der Waals surface area (Å²) in [6.07, 6.45) is 10.9. The molecule has 1 atom stereocenters. The van der Waals surface area contributed by atoms with Crippen LogP contribution in [0.2, 0.25) is 0 Å². The van der Waals surface area contributed by atoms with Gasteiger partial charge in [-0.25, -0.2) is 4.57 Å². The molecule has 1 aliphatic carbocycles. The van der Waals surface area contributed by atoms with Crippen LogP contribution in [0.3, 0.4) is 0 Å². The third-order valence-electron chi connectivity index (χ3n) is 7.87. The van der Waals surface area contributed by atoms with Crippen molar-refractivity contribution in [2.24, 2.45) is 4.99 Å². The number of halogens is 1. The highest BCUT2D eigenvalue weighted by Gasteiger charge is 2.36. The molecule has 2 aliphatic heterocycles. The van der Waals surface area contributed by atoms with Crippen LogP contribution < -0.4 is 14.4 Å². The Hall–Kier alpha value is -2.70. The first-order valence-electron chi connectivity index (χ1n) is 13.3. The fraction of sp³-hybridized carbons (Fsp3) is 0.300. The Morgan fingerprint density at radius 1 is 1.00 bits per heavy atom. The Balaban J connectivity index is 1.36. The molecule has 2 heterocycles. The minimum atomic E-state index is -3.07. The summed E-state index contributed by atoms with van der Waals surface area (Å²) < 4.78 is 21.3. The standard InChI is InChI=1S/C30H33ClN2O6P2/c1-29(2)22-16-20(38-40(34)35)10-12-24(22)32-26(29)14-8-18-6-5-7-19(28(18)31)9-15-27-30(3,4)23-17-21(39-41(36)37)11-13-25(23)33-27/h8-17,32,36-37,40H,5-7H2,1-4H3,(H,34,35)/b15-9+,18-8+,26-14+. The zero-order valence-electron chi connectivity index (χ0n) is 23.2. The first-order valence-corrected chi connectivity index (χ1v) is 16.1. The lowest BCUT2D eigenvalue weighted by Gasteiger charge is -2.22. The van der Waals surface area contributed by atoms with Crippen LogP contribution in [0.25, 0.3) is 0 Å². The maximum Gasteiger partial charge on any atom is 0.391 e. The highest BCUT2D eigenvalue weighted by Crippen LogP contribution is 2.46. The molecule has 1 unspecified atom stereocenters. The maximum absolute atomic E-state index is 11.2. The zero-order chi connectivity index (χ0) is 29.5. The molecule has 0 saturated heterocycles. The normalized spacial score (nSPS) is 21.7. The number of aliphatic imine (C=N–C) groups is 1. The molecule has 0 fully saturated rings. The second-order valence-electron chi connectivity index (χ2n) is 11.3. The fourth-order valence-electron chi connectivity index (χ4n) is 5.50. The van der Waals surface area contributed by atoms with E-state index >= 15 is 0 Å². The number of hydrogen-bond donors (Lipinski definition) is 4. The quantitative estimate of drug-likeness (QED) is 0.234. The molecule has 0 amide bonds. The van der Waals surface area contributed by atoms with Crippen LogP contribution in [0, 0.1) is 0 Å². The van der Waals surface area contributed by atoms with Crippen LogP contribution in [0.1, 0.15) is 58.1 Å². The molecule has 0 radical (unpaired) electrons. The van der Waals surface area contributed by atoms with E-state index in [1.54, 1.807) is 12.1 Å². The summed E-state index contributed by atoms with van der Waals surface area (Å²) in [5.41, 5.74) is 6.97. The van der Waals surface area contributed by atoms with E-state index in [2.05, 4.69) is 51.2 Å². The number of hydrogen-bond acceptors (Lipinski definition) is 7. The molecule has 216 valence electrons. The molecule has 0 spiro atoms. The molecule has 0 saturated carbocycles. The average Bonchev–Trinajstić information content (AvgIpc) is 3.30. The number of nitrogens with one attached hydrogen (secondary N) is 1. The van der Waals surface area contributed by atoms with Crippen molar-refractivity contribution in [2.75, 3.05) is 5.32 Å².